The number of pyridine rings is 1. The number of nitrogens with zero attached hydrogens (tertiary/aromatic N) is 2. The number of carbonyl (C=O) groups excluding carboxylic acids is 2. The number of halogens is 3. The number of ether oxygens (including phenoxy) is 2. The molecule has 0 spiro atoms. The molecule has 0 unspecified atom stereocenters. The third-order valence-corrected chi connectivity index (χ3v) is 4.65. The van der Waals surface area contributed by atoms with Gasteiger partial charge in [0.25, 0.3) is 11.8 Å². The van der Waals surface area contributed by atoms with Crippen molar-refractivity contribution in [2.24, 2.45) is 0 Å². The first-order valence-electron chi connectivity index (χ1n) is 9.16. The van der Waals surface area contributed by atoms with Gasteiger partial charge in [-0.15, -0.1) is 24.5 Å². The minimum Gasteiger partial charge on any atom is -0.484 e. The molecule has 168 valence electrons. The van der Waals surface area contributed by atoms with Crippen LogP contribution in [0.15, 0.2) is 54.0 Å². The predicted octanol–water partition coefficient (Wildman–Crippen LogP) is 3.06. The first kappa shape index (κ1) is 23.0. The molecule has 3 aromatic rings. The molecule has 2 aromatic heterocycles. The monoisotopic (exact) mass is 466 g/mol. The van der Waals surface area contributed by atoms with E-state index in [1.807, 2.05) is 6.07 Å². The van der Waals surface area contributed by atoms with E-state index in [-0.39, 0.29) is 37.0 Å². The highest BCUT2D eigenvalue weighted by Gasteiger charge is 2.31. The van der Waals surface area contributed by atoms with Crippen LogP contribution in [0.1, 0.15) is 21.2 Å². The largest absolute Gasteiger partial charge is 0.573 e. The Morgan fingerprint density at radius 1 is 1.00 bits per heavy atom. The minimum absolute atomic E-state index is 0.0960. The summed E-state index contributed by atoms with van der Waals surface area (Å²) in [5.41, 5.74) is 0.943. The van der Waals surface area contributed by atoms with Crippen molar-refractivity contribution in [1.82, 2.24) is 20.6 Å². The molecule has 0 saturated carbocycles. The van der Waals surface area contributed by atoms with Gasteiger partial charge in [-0.25, -0.2) is 4.98 Å². The summed E-state index contributed by atoms with van der Waals surface area (Å²) < 4.78 is 45.4. The lowest BCUT2D eigenvalue weighted by molar-refractivity contribution is -0.274. The predicted molar refractivity (Wildman–Crippen MR) is 108 cm³/mol. The molecule has 0 bridgehead atoms. The fraction of sp³-hybridized carbons (Fsp3) is 0.200. The third-order valence-electron chi connectivity index (χ3n) is 3.80. The Balaban J connectivity index is 1.39. The zero-order chi connectivity index (χ0) is 23.0. The molecule has 8 nitrogen and oxygen atoms in total. The van der Waals surface area contributed by atoms with E-state index < -0.39 is 18.0 Å². The van der Waals surface area contributed by atoms with E-state index in [1.165, 1.54) is 23.5 Å². The summed E-state index contributed by atoms with van der Waals surface area (Å²) >= 11 is 1.21. The van der Waals surface area contributed by atoms with E-state index in [0.717, 1.165) is 12.1 Å². The average Bonchev–Trinajstić information content (AvgIpc) is 3.24. The Bertz CT molecular complexity index is 1040. The van der Waals surface area contributed by atoms with Crippen molar-refractivity contribution in [3.63, 3.8) is 0 Å². The van der Waals surface area contributed by atoms with Gasteiger partial charge in [-0.2, -0.15) is 0 Å². The molecule has 1 aromatic carbocycles. The average molecular weight is 466 g/mol. The van der Waals surface area contributed by atoms with Crippen LogP contribution in [-0.4, -0.2) is 34.8 Å². The van der Waals surface area contributed by atoms with Crippen molar-refractivity contribution in [3.05, 3.63) is 70.4 Å². The molecule has 32 heavy (non-hydrogen) atoms. The lowest BCUT2D eigenvalue weighted by Gasteiger charge is -2.10. The highest BCUT2D eigenvalue weighted by molar-refractivity contribution is 7.09. The maximum absolute atomic E-state index is 12.2. The van der Waals surface area contributed by atoms with Crippen molar-refractivity contribution >= 4 is 23.2 Å². The van der Waals surface area contributed by atoms with Crippen LogP contribution >= 0.6 is 11.3 Å². The number of aromatic nitrogens is 2. The van der Waals surface area contributed by atoms with Gasteiger partial charge in [0.2, 0.25) is 0 Å². The van der Waals surface area contributed by atoms with Crippen LogP contribution in [0.4, 0.5) is 13.2 Å². The van der Waals surface area contributed by atoms with Gasteiger partial charge in [-0.1, -0.05) is 6.07 Å². The van der Waals surface area contributed by atoms with E-state index in [1.54, 1.807) is 23.7 Å². The lowest BCUT2D eigenvalue weighted by atomic mass is 10.3. The van der Waals surface area contributed by atoms with E-state index in [2.05, 4.69) is 25.3 Å². The molecule has 0 aliphatic rings. The smallest absolute Gasteiger partial charge is 0.484 e. The number of thiazole rings is 1. The molecular formula is C20H17F3N4O4S. The summed E-state index contributed by atoms with van der Waals surface area (Å²) in [5.74, 6) is -1.00. The number of alkyl halides is 3. The summed E-state index contributed by atoms with van der Waals surface area (Å²) in [7, 11) is 0. The number of hydrogen-bond donors (Lipinski definition) is 2. The summed E-state index contributed by atoms with van der Waals surface area (Å²) in [6.07, 6.45) is -3.15. The van der Waals surface area contributed by atoms with E-state index in [0.29, 0.717) is 10.7 Å². The fourth-order valence-corrected chi connectivity index (χ4v) is 3.09. The molecule has 0 fully saturated rings. The van der Waals surface area contributed by atoms with Crippen molar-refractivity contribution in [1.29, 1.82) is 0 Å². The quantitative estimate of drug-likeness (QED) is 0.503. The molecule has 0 saturated heterocycles. The van der Waals surface area contributed by atoms with Gasteiger partial charge in [-0.05, 0) is 36.4 Å². The second-order valence-electron chi connectivity index (χ2n) is 6.21. The van der Waals surface area contributed by atoms with Crippen molar-refractivity contribution in [2.45, 2.75) is 19.5 Å². The Morgan fingerprint density at radius 2 is 1.75 bits per heavy atom. The van der Waals surface area contributed by atoms with E-state index in [4.69, 9.17) is 4.74 Å². The van der Waals surface area contributed by atoms with Gasteiger partial charge in [0.1, 0.15) is 22.2 Å². The zero-order valence-corrected chi connectivity index (χ0v) is 17.2. The molecule has 2 N–H and O–H groups in total. The van der Waals surface area contributed by atoms with Gasteiger partial charge in [-0.3, -0.25) is 14.6 Å². The Labute approximate surface area is 184 Å². The number of carbonyl (C=O) groups is 2. The van der Waals surface area contributed by atoms with Crippen LogP contribution in [0.25, 0.3) is 0 Å². The van der Waals surface area contributed by atoms with Gasteiger partial charge >= 0.3 is 6.36 Å². The SMILES string of the molecule is O=C(COc1ccc(OC(F)(F)F)cc1)NCc1nc(C(=O)NCc2ccccn2)cs1. The molecule has 0 atom stereocenters. The van der Waals surface area contributed by atoms with Gasteiger partial charge in [0.05, 0.1) is 18.8 Å². The number of amides is 2. The van der Waals surface area contributed by atoms with E-state index >= 15 is 0 Å². The maximum Gasteiger partial charge on any atom is 0.573 e. The summed E-state index contributed by atoms with van der Waals surface area (Å²) in [5, 5.41) is 7.41. The number of rotatable bonds is 9. The standard InChI is InChI=1S/C20H17F3N4O4S/c21-20(22,23)31-15-6-4-14(5-7-15)30-11-17(28)25-10-18-27-16(12-32-18)19(29)26-9-13-3-1-2-8-24-13/h1-8,12H,9-11H2,(H,25,28)(H,26,29). The molecule has 0 aliphatic heterocycles. The third kappa shape index (κ3) is 7.54. The molecule has 0 radical (unpaired) electrons. The van der Waals surface area contributed by atoms with Gasteiger partial charge in [0, 0.05) is 11.6 Å². The normalized spacial score (nSPS) is 11.0. The second kappa shape index (κ2) is 10.6. The summed E-state index contributed by atoms with van der Waals surface area (Å²) in [6, 6.07) is 10.1. The highest BCUT2D eigenvalue weighted by atomic mass is 32.1. The molecule has 2 amide bonds. The van der Waals surface area contributed by atoms with Crippen LogP contribution < -0.4 is 20.1 Å². The van der Waals surface area contributed by atoms with Crippen LogP contribution in [0, 0.1) is 0 Å². The Morgan fingerprint density at radius 3 is 2.44 bits per heavy atom. The van der Waals surface area contributed by atoms with Crippen LogP contribution in [0.3, 0.4) is 0 Å². The van der Waals surface area contributed by atoms with Crippen LogP contribution in [-0.2, 0) is 17.9 Å². The van der Waals surface area contributed by atoms with Crippen LogP contribution in [0.5, 0.6) is 11.5 Å². The Hall–Kier alpha value is -3.67. The molecule has 12 heteroatoms. The molecule has 0 aliphatic carbocycles. The number of nitrogens with one attached hydrogen (secondary N) is 2. The molecule has 3 rings (SSSR count). The molecular weight excluding hydrogens is 449 g/mol. The summed E-state index contributed by atoms with van der Waals surface area (Å²) in [4.78, 5) is 32.4. The maximum atomic E-state index is 12.2. The number of hydrogen-bond acceptors (Lipinski definition) is 7. The van der Waals surface area contributed by atoms with E-state index in [9.17, 15) is 22.8 Å². The van der Waals surface area contributed by atoms with Gasteiger partial charge < -0.3 is 20.1 Å². The highest BCUT2D eigenvalue weighted by Crippen LogP contribution is 2.24. The fourth-order valence-electron chi connectivity index (χ4n) is 2.37. The first-order chi connectivity index (χ1) is 15.3. The van der Waals surface area contributed by atoms with Gasteiger partial charge in [0.15, 0.2) is 6.61 Å². The van der Waals surface area contributed by atoms with Crippen LogP contribution in [0.2, 0.25) is 0 Å². The summed E-state index contributed by atoms with van der Waals surface area (Å²) in [6.45, 7) is 0.0188. The minimum atomic E-state index is -4.78. The van der Waals surface area contributed by atoms with Crippen molar-refractivity contribution in [2.75, 3.05) is 6.61 Å². The zero-order valence-electron chi connectivity index (χ0n) is 16.4. The topological polar surface area (TPSA) is 102 Å². The van der Waals surface area contributed by atoms with Crippen molar-refractivity contribution < 1.29 is 32.2 Å². The van der Waals surface area contributed by atoms with Crippen molar-refractivity contribution in [3.8, 4) is 11.5 Å². The first-order valence-corrected chi connectivity index (χ1v) is 10.0. The lowest BCUT2D eigenvalue weighted by Crippen LogP contribution is -2.28. The Kier molecular flexibility index (Phi) is 7.60. The number of benzene rings is 1. The molecule has 2 heterocycles. The second-order valence-corrected chi connectivity index (χ2v) is 7.16.